The van der Waals surface area contributed by atoms with Crippen LogP contribution in [0.25, 0.3) is 0 Å². The number of rotatable bonds is 10. The molecule has 0 aromatic heterocycles. The fraction of sp³-hybridized carbons (Fsp3) is 0.875. The van der Waals surface area contributed by atoms with Crippen LogP contribution in [0.15, 0.2) is 0 Å². The summed E-state index contributed by atoms with van der Waals surface area (Å²) in [5.74, 6) is 0. The van der Waals surface area contributed by atoms with Crippen molar-refractivity contribution in [1.29, 1.82) is 0 Å². The maximum Gasteiger partial charge on any atom is 2.00 e. The molecule has 0 unspecified atom stereocenters. The first-order valence-corrected chi connectivity index (χ1v) is 7.41. The second kappa shape index (κ2) is 36.3. The van der Waals surface area contributed by atoms with Crippen LogP contribution in [0, 0.1) is 13.8 Å². The normalized spacial score (nSPS) is 8.21. The Bertz CT molecular complexity index is 76.7. The molecule has 0 atom stereocenters. The quantitative estimate of drug-likeness (QED) is 0.319. The molecule has 0 aliphatic heterocycles. The van der Waals surface area contributed by atoms with Gasteiger partial charge in [-0.05, 0) is 0 Å². The van der Waals surface area contributed by atoms with Gasteiger partial charge in [0.05, 0.1) is 0 Å². The Morgan fingerprint density at radius 1 is 0.526 bits per heavy atom. The zero-order valence-corrected chi connectivity index (χ0v) is 15.0. The first kappa shape index (κ1) is 31.8. The van der Waals surface area contributed by atoms with E-state index in [4.69, 9.17) is 0 Å². The minimum Gasteiger partial charge on any atom is -0.412 e. The van der Waals surface area contributed by atoms with E-state index in [-0.39, 0.29) is 32.7 Å². The predicted molar refractivity (Wildman–Crippen MR) is 84.7 cm³/mol. The summed E-state index contributed by atoms with van der Waals surface area (Å²) in [6.07, 6.45) is 16.0. The van der Waals surface area contributed by atoms with Crippen molar-refractivity contribution in [2.45, 2.75) is 90.9 Å². The summed E-state index contributed by atoms with van der Waals surface area (Å²) in [4.78, 5) is 0. The molecule has 0 saturated carbocycles. The molecule has 0 aliphatic rings. The summed E-state index contributed by atoms with van der Waals surface area (Å²) in [6, 6.07) is 0. The minimum atomic E-state index is 0. The van der Waals surface area contributed by atoms with Crippen LogP contribution in [0.3, 0.4) is 0 Å². The van der Waals surface area contributed by atoms with E-state index in [1.807, 2.05) is 0 Å². The molecule has 118 valence electrons. The van der Waals surface area contributed by atoms with E-state index in [0.717, 1.165) is 12.8 Å². The van der Waals surface area contributed by atoms with Crippen LogP contribution in [0.4, 0.5) is 0 Å². The van der Waals surface area contributed by atoms with Crippen molar-refractivity contribution in [3.8, 4) is 0 Å². The molecule has 0 bridgehead atoms. The van der Waals surface area contributed by atoms with Crippen LogP contribution in [0.1, 0.15) is 90.9 Å². The molecular formula is C16H38O2Ti. The molecule has 0 aliphatic carbocycles. The fourth-order valence-corrected chi connectivity index (χ4v) is 1.56. The van der Waals surface area contributed by atoms with E-state index in [9.17, 15) is 0 Å². The Hall–Kier alpha value is 0.634. The monoisotopic (exact) mass is 310 g/mol. The molecule has 0 saturated heterocycles. The van der Waals surface area contributed by atoms with Crippen LogP contribution in [0.2, 0.25) is 0 Å². The molecule has 2 nitrogen and oxygen atoms in total. The van der Waals surface area contributed by atoms with Gasteiger partial charge >= 0.3 is 21.7 Å². The first-order valence-electron chi connectivity index (χ1n) is 7.41. The van der Waals surface area contributed by atoms with E-state index in [0.29, 0.717) is 0 Å². The SMILES string of the molecule is O.O.[CH2-]CCCCCCC.[CH2-]CCCCCCC.[Ti+2]. The van der Waals surface area contributed by atoms with Crippen LogP contribution in [-0.4, -0.2) is 11.0 Å². The zero-order chi connectivity index (χ0) is 12.5. The molecule has 0 rings (SSSR count). The summed E-state index contributed by atoms with van der Waals surface area (Å²) in [5.41, 5.74) is 0. The topological polar surface area (TPSA) is 63.0 Å². The van der Waals surface area contributed by atoms with Crippen molar-refractivity contribution in [3.63, 3.8) is 0 Å². The van der Waals surface area contributed by atoms with Crippen molar-refractivity contribution in [3.05, 3.63) is 13.8 Å². The molecule has 0 amide bonds. The Morgan fingerprint density at radius 3 is 1.00 bits per heavy atom. The van der Waals surface area contributed by atoms with E-state index < -0.39 is 0 Å². The Balaban J connectivity index is -0.0000000594. The van der Waals surface area contributed by atoms with Crippen LogP contribution >= 0.6 is 0 Å². The van der Waals surface area contributed by atoms with Crippen molar-refractivity contribution < 1.29 is 32.7 Å². The van der Waals surface area contributed by atoms with Gasteiger partial charge in [0.25, 0.3) is 0 Å². The number of hydrogen-bond donors (Lipinski definition) is 0. The van der Waals surface area contributed by atoms with E-state index in [2.05, 4.69) is 27.7 Å². The molecule has 4 N–H and O–H groups in total. The van der Waals surface area contributed by atoms with Crippen molar-refractivity contribution in [2.24, 2.45) is 0 Å². The molecule has 0 fully saturated rings. The van der Waals surface area contributed by atoms with Crippen LogP contribution in [0.5, 0.6) is 0 Å². The maximum atomic E-state index is 3.78. The number of hydrogen-bond acceptors (Lipinski definition) is 0. The Labute approximate surface area is 137 Å². The Morgan fingerprint density at radius 2 is 0.789 bits per heavy atom. The van der Waals surface area contributed by atoms with Gasteiger partial charge in [0.1, 0.15) is 0 Å². The second-order valence-electron chi connectivity index (χ2n) is 4.54. The van der Waals surface area contributed by atoms with Crippen molar-refractivity contribution in [1.82, 2.24) is 0 Å². The van der Waals surface area contributed by atoms with Crippen LogP contribution in [-0.2, 0) is 21.7 Å². The summed E-state index contributed by atoms with van der Waals surface area (Å²) >= 11 is 0. The largest absolute Gasteiger partial charge is 2.00 e. The van der Waals surface area contributed by atoms with Gasteiger partial charge in [0, 0.05) is 0 Å². The maximum absolute atomic E-state index is 3.78. The molecule has 0 aromatic rings. The third-order valence-electron chi connectivity index (χ3n) is 2.71. The average molecular weight is 310 g/mol. The molecule has 0 heterocycles. The molecule has 19 heavy (non-hydrogen) atoms. The molecular weight excluding hydrogens is 272 g/mol. The van der Waals surface area contributed by atoms with Gasteiger partial charge in [-0.2, -0.15) is 12.8 Å². The van der Waals surface area contributed by atoms with E-state index >= 15 is 0 Å². The smallest absolute Gasteiger partial charge is 0.412 e. The Kier molecular flexibility index (Phi) is 60.8. The van der Waals surface area contributed by atoms with Gasteiger partial charge < -0.3 is 24.8 Å². The summed E-state index contributed by atoms with van der Waals surface area (Å²) in [7, 11) is 0. The predicted octanol–water partition coefficient (Wildman–Crippen LogP) is 4.71. The van der Waals surface area contributed by atoms with Gasteiger partial charge in [0.15, 0.2) is 0 Å². The molecule has 3 heteroatoms. The summed E-state index contributed by atoms with van der Waals surface area (Å²) in [6.45, 7) is 12.0. The second-order valence-corrected chi connectivity index (χ2v) is 4.54. The average Bonchev–Trinajstić information content (AvgIpc) is 2.31. The van der Waals surface area contributed by atoms with Gasteiger partial charge in [-0.25, -0.2) is 0 Å². The third-order valence-corrected chi connectivity index (χ3v) is 2.71. The van der Waals surface area contributed by atoms with Crippen molar-refractivity contribution in [2.75, 3.05) is 0 Å². The molecule has 0 radical (unpaired) electrons. The van der Waals surface area contributed by atoms with Gasteiger partial charge in [-0.3, -0.25) is 0 Å². The summed E-state index contributed by atoms with van der Waals surface area (Å²) < 4.78 is 0. The number of unbranched alkanes of at least 4 members (excludes halogenated alkanes) is 10. The third kappa shape index (κ3) is 45.6. The zero-order valence-electron chi connectivity index (χ0n) is 13.4. The fourth-order valence-electron chi connectivity index (χ4n) is 1.56. The van der Waals surface area contributed by atoms with Crippen LogP contribution < -0.4 is 0 Å². The summed E-state index contributed by atoms with van der Waals surface area (Å²) in [5, 5.41) is 0. The standard InChI is InChI=1S/2C8H17.2H2O.Ti/c2*1-3-5-7-8-6-4-2;;;/h2*1,3-8H2,2H3;2*1H2;/q2*-1;;;+2. The van der Waals surface area contributed by atoms with Gasteiger partial charge in [0.2, 0.25) is 0 Å². The molecule has 0 aromatic carbocycles. The first-order chi connectivity index (χ1) is 7.83. The molecule has 0 spiro atoms. The minimum absolute atomic E-state index is 0. The van der Waals surface area contributed by atoms with E-state index in [1.165, 1.54) is 64.2 Å². The van der Waals surface area contributed by atoms with Gasteiger partial charge in [-0.15, -0.1) is 0 Å². The van der Waals surface area contributed by atoms with Gasteiger partial charge in [-0.1, -0.05) is 78.1 Å². The van der Waals surface area contributed by atoms with Crippen molar-refractivity contribution >= 4 is 0 Å². The van der Waals surface area contributed by atoms with E-state index in [1.54, 1.807) is 0 Å².